The fraction of sp³-hybridized carbons (Fsp3) is 0.417. The average Bonchev–Trinajstić information content (AvgIpc) is 2.21. The zero-order valence-electron chi connectivity index (χ0n) is 9.16. The van der Waals surface area contributed by atoms with Crippen molar-refractivity contribution in [1.29, 1.82) is 0 Å². The summed E-state index contributed by atoms with van der Waals surface area (Å²) in [7, 11) is 1.67. The maximum absolute atomic E-state index is 10.7. The van der Waals surface area contributed by atoms with E-state index in [9.17, 15) is 4.79 Å². The molecule has 3 heteroatoms. The molecule has 0 aliphatic rings. The third kappa shape index (κ3) is 3.72. The van der Waals surface area contributed by atoms with Gasteiger partial charge in [-0.2, -0.15) is 0 Å². The lowest BCUT2D eigenvalue weighted by molar-refractivity contribution is -0.139. The van der Waals surface area contributed by atoms with Crippen molar-refractivity contribution >= 4 is 5.97 Å². The first kappa shape index (κ1) is 11.7. The lowest BCUT2D eigenvalue weighted by Crippen LogP contribution is -2.34. The molecule has 0 radical (unpaired) electrons. The number of carbonyl (C=O) groups is 1. The minimum absolute atomic E-state index is 0.452. The molecule has 0 heterocycles. The fourth-order valence-corrected chi connectivity index (χ4v) is 1.46. The average molecular weight is 207 g/mol. The summed E-state index contributed by atoms with van der Waals surface area (Å²) in [5, 5.41) is 11.6. The van der Waals surface area contributed by atoms with E-state index in [1.807, 2.05) is 31.2 Å². The largest absolute Gasteiger partial charge is 0.480 e. The molecular formula is C12H17NO2. The highest BCUT2D eigenvalue weighted by molar-refractivity contribution is 5.73. The highest BCUT2D eigenvalue weighted by Crippen LogP contribution is 2.07. The van der Waals surface area contributed by atoms with Gasteiger partial charge in [-0.25, -0.2) is 0 Å². The van der Waals surface area contributed by atoms with E-state index in [-0.39, 0.29) is 0 Å². The maximum Gasteiger partial charge on any atom is 0.320 e. The first-order chi connectivity index (χ1) is 7.13. The van der Waals surface area contributed by atoms with E-state index in [4.69, 9.17) is 5.11 Å². The maximum atomic E-state index is 10.7. The van der Waals surface area contributed by atoms with Crippen LogP contribution in [-0.2, 0) is 11.2 Å². The van der Waals surface area contributed by atoms with E-state index >= 15 is 0 Å². The van der Waals surface area contributed by atoms with Crippen LogP contribution in [0.4, 0.5) is 0 Å². The smallest absolute Gasteiger partial charge is 0.320 e. The Hall–Kier alpha value is -1.35. The molecule has 0 aliphatic heterocycles. The summed E-state index contributed by atoms with van der Waals surface area (Å²) in [5.74, 6) is -0.787. The predicted octanol–water partition coefficient (Wildman–Crippen LogP) is 1.60. The van der Waals surface area contributed by atoms with Crippen molar-refractivity contribution in [1.82, 2.24) is 5.32 Å². The second-order valence-electron chi connectivity index (χ2n) is 3.70. The van der Waals surface area contributed by atoms with Gasteiger partial charge in [-0.15, -0.1) is 0 Å². The molecule has 0 fully saturated rings. The summed E-state index contributed by atoms with van der Waals surface area (Å²) in [4.78, 5) is 10.7. The number of aliphatic carboxylic acids is 1. The number of carboxylic acid groups (broad SMARTS) is 1. The van der Waals surface area contributed by atoms with Gasteiger partial charge < -0.3 is 10.4 Å². The lowest BCUT2D eigenvalue weighted by Gasteiger charge is -2.10. The first-order valence-electron chi connectivity index (χ1n) is 5.09. The number of carboxylic acids is 1. The van der Waals surface area contributed by atoms with Crippen molar-refractivity contribution < 1.29 is 9.90 Å². The molecule has 3 nitrogen and oxygen atoms in total. The van der Waals surface area contributed by atoms with Crippen LogP contribution in [-0.4, -0.2) is 24.2 Å². The SMILES string of the molecule is CNC(CCc1ccc(C)cc1)C(=O)O. The molecule has 1 unspecified atom stereocenters. The number of nitrogens with one attached hydrogen (secondary N) is 1. The molecule has 15 heavy (non-hydrogen) atoms. The predicted molar refractivity (Wildman–Crippen MR) is 60.0 cm³/mol. The van der Waals surface area contributed by atoms with Crippen molar-refractivity contribution in [2.75, 3.05) is 7.05 Å². The summed E-state index contributed by atoms with van der Waals surface area (Å²) in [6.07, 6.45) is 1.41. The molecule has 0 amide bonds. The van der Waals surface area contributed by atoms with Crippen molar-refractivity contribution in [3.63, 3.8) is 0 Å². The number of aryl methyl sites for hydroxylation is 2. The van der Waals surface area contributed by atoms with E-state index in [1.165, 1.54) is 11.1 Å². The van der Waals surface area contributed by atoms with Gasteiger partial charge in [0.25, 0.3) is 0 Å². The van der Waals surface area contributed by atoms with Crippen LogP contribution >= 0.6 is 0 Å². The van der Waals surface area contributed by atoms with E-state index in [0.717, 1.165) is 6.42 Å². The van der Waals surface area contributed by atoms with Gasteiger partial charge in [-0.1, -0.05) is 29.8 Å². The molecule has 1 aromatic rings. The topological polar surface area (TPSA) is 49.3 Å². The Morgan fingerprint density at radius 3 is 2.47 bits per heavy atom. The van der Waals surface area contributed by atoms with Crippen molar-refractivity contribution in [3.8, 4) is 0 Å². The Balaban J connectivity index is 2.49. The van der Waals surface area contributed by atoms with Gasteiger partial charge in [0.1, 0.15) is 6.04 Å². The van der Waals surface area contributed by atoms with Crippen molar-refractivity contribution in [3.05, 3.63) is 35.4 Å². The standard InChI is InChI=1S/C12H17NO2/c1-9-3-5-10(6-4-9)7-8-11(13-2)12(14)15/h3-6,11,13H,7-8H2,1-2H3,(H,14,15). The Kier molecular flexibility index (Phi) is 4.31. The Morgan fingerprint density at radius 2 is 2.00 bits per heavy atom. The van der Waals surface area contributed by atoms with Crippen LogP contribution in [0, 0.1) is 6.92 Å². The number of likely N-dealkylation sites (N-methyl/N-ethyl adjacent to an activating group) is 1. The Bertz CT molecular complexity index is 319. The highest BCUT2D eigenvalue weighted by atomic mass is 16.4. The summed E-state index contributed by atoms with van der Waals surface area (Å²) < 4.78 is 0. The van der Waals surface area contributed by atoms with Gasteiger partial charge in [-0.3, -0.25) is 4.79 Å². The molecule has 0 saturated heterocycles. The second kappa shape index (κ2) is 5.51. The van der Waals surface area contributed by atoms with Crippen LogP contribution in [0.25, 0.3) is 0 Å². The normalized spacial score (nSPS) is 12.4. The van der Waals surface area contributed by atoms with Gasteiger partial charge >= 0.3 is 5.97 Å². The third-order valence-electron chi connectivity index (χ3n) is 2.49. The van der Waals surface area contributed by atoms with E-state index in [0.29, 0.717) is 6.42 Å². The minimum Gasteiger partial charge on any atom is -0.480 e. The first-order valence-corrected chi connectivity index (χ1v) is 5.09. The fourth-order valence-electron chi connectivity index (χ4n) is 1.46. The number of rotatable bonds is 5. The summed E-state index contributed by atoms with van der Waals surface area (Å²) >= 11 is 0. The zero-order chi connectivity index (χ0) is 11.3. The quantitative estimate of drug-likeness (QED) is 0.771. The molecule has 0 aromatic heterocycles. The van der Waals surface area contributed by atoms with E-state index in [2.05, 4.69) is 5.32 Å². The van der Waals surface area contributed by atoms with Crippen LogP contribution in [0.1, 0.15) is 17.5 Å². The molecule has 0 saturated carbocycles. The molecule has 1 atom stereocenters. The van der Waals surface area contributed by atoms with Crippen LogP contribution in [0.5, 0.6) is 0 Å². The molecular weight excluding hydrogens is 190 g/mol. The molecule has 82 valence electrons. The molecule has 0 bridgehead atoms. The second-order valence-corrected chi connectivity index (χ2v) is 3.70. The highest BCUT2D eigenvalue weighted by Gasteiger charge is 2.13. The number of hydrogen-bond acceptors (Lipinski definition) is 2. The van der Waals surface area contributed by atoms with E-state index in [1.54, 1.807) is 7.05 Å². The van der Waals surface area contributed by atoms with Crippen LogP contribution in [0.15, 0.2) is 24.3 Å². The molecule has 0 aliphatic carbocycles. The van der Waals surface area contributed by atoms with Gasteiger partial charge in [0, 0.05) is 0 Å². The summed E-state index contributed by atoms with van der Waals surface area (Å²) in [6, 6.07) is 7.73. The Morgan fingerprint density at radius 1 is 1.40 bits per heavy atom. The van der Waals surface area contributed by atoms with E-state index < -0.39 is 12.0 Å². The van der Waals surface area contributed by atoms with Crippen LogP contribution in [0.2, 0.25) is 0 Å². The van der Waals surface area contributed by atoms with Gasteiger partial charge in [0.05, 0.1) is 0 Å². The number of hydrogen-bond donors (Lipinski definition) is 2. The minimum atomic E-state index is -0.787. The van der Waals surface area contributed by atoms with Gasteiger partial charge in [0.15, 0.2) is 0 Å². The van der Waals surface area contributed by atoms with Crippen LogP contribution in [0.3, 0.4) is 0 Å². The Labute approximate surface area is 90.1 Å². The molecule has 1 rings (SSSR count). The third-order valence-corrected chi connectivity index (χ3v) is 2.49. The summed E-state index contributed by atoms with van der Waals surface area (Å²) in [5.41, 5.74) is 2.41. The van der Waals surface area contributed by atoms with Crippen molar-refractivity contribution in [2.24, 2.45) is 0 Å². The molecule has 1 aromatic carbocycles. The molecule has 0 spiro atoms. The van der Waals surface area contributed by atoms with Crippen LogP contribution < -0.4 is 5.32 Å². The molecule has 2 N–H and O–H groups in total. The van der Waals surface area contributed by atoms with Gasteiger partial charge in [0.2, 0.25) is 0 Å². The zero-order valence-corrected chi connectivity index (χ0v) is 9.16. The summed E-state index contributed by atoms with van der Waals surface area (Å²) in [6.45, 7) is 2.04. The number of benzene rings is 1. The monoisotopic (exact) mass is 207 g/mol. The van der Waals surface area contributed by atoms with Gasteiger partial charge in [-0.05, 0) is 32.4 Å². The lowest BCUT2D eigenvalue weighted by atomic mass is 10.0. The van der Waals surface area contributed by atoms with Crippen molar-refractivity contribution in [2.45, 2.75) is 25.8 Å².